The standard InChI is InChI=1S/C16H21NO5/c1-21-13-4-3-11(9-14(13)22-2)10-15(18)17-7-5-12(6-8-17)16(19)20/h3-4,9,12H,5-8,10H2,1-2H3,(H,19,20). The van der Waals surface area contributed by atoms with E-state index < -0.39 is 5.97 Å². The van der Waals surface area contributed by atoms with Gasteiger partial charge in [0.2, 0.25) is 5.91 Å². The summed E-state index contributed by atoms with van der Waals surface area (Å²) >= 11 is 0. The van der Waals surface area contributed by atoms with Gasteiger partial charge in [-0.05, 0) is 30.5 Å². The molecule has 0 saturated carbocycles. The molecule has 2 rings (SSSR count). The number of aliphatic carboxylic acids is 1. The largest absolute Gasteiger partial charge is 0.493 e. The number of nitrogens with zero attached hydrogens (tertiary/aromatic N) is 1. The van der Waals surface area contributed by atoms with E-state index >= 15 is 0 Å². The third-order valence-electron chi connectivity index (χ3n) is 4.00. The number of carboxylic acid groups (broad SMARTS) is 1. The Morgan fingerprint density at radius 1 is 1.18 bits per heavy atom. The number of piperidine rings is 1. The zero-order valence-electron chi connectivity index (χ0n) is 12.9. The lowest BCUT2D eigenvalue weighted by Gasteiger charge is -2.30. The smallest absolute Gasteiger partial charge is 0.306 e. The van der Waals surface area contributed by atoms with Crippen LogP contribution in [-0.4, -0.2) is 49.2 Å². The van der Waals surface area contributed by atoms with Crippen LogP contribution >= 0.6 is 0 Å². The second kappa shape index (κ2) is 7.15. The predicted octanol–water partition coefficient (Wildman–Crippen LogP) is 1.57. The minimum atomic E-state index is -0.771. The third kappa shape index (κ3) is 3.69. The highest BCUT2D eigenvalue weighted by Crippen LogP contribution is 2.28. The maximum atomic E-state index is 12.3. The third-order valence-corrected chi connectivity index (χ3v) is 4.00. The molecule has 0 aliphatic carbocycles. The average Bonchev–Trinajstić information content (AvgIpc) is 2.54. The molecule has 1 aromatic rings. The molecule has 1 amide bonds. The molecule has 1 saturated heterocycles. The van der Waals surface area contributed by atoms with Crippen molar-refractivity contribution in [3.63, 3.8) is 0 Å². The van der Waals surface area contributed by atoms with Gasteiger partial charge >= 0.3 is 5.97 Å². The van der Waals surface area contributed by atoms with Crippen LogP contribution in [0.2, 0.25) is 0 Å². The van der Waals surface area contributed by atoms with Crippen molar-refractivity contribution in [3.8, 4) is 11.5 Å². The van der Waals surface area contributed by atoms with Gasteiger partial charge < -0.3 is 19.5 Å². The molecule has 1 aromatic carbocycles. The Hall–Kier alpha value is -2.24. The van der Waals surface area contributed by atoms with Gasteiger partial charge in [-0.25, -0.2) is 0 Å². The Bertz CT molecular complexity index is 549. The van der Waals surface area contributed by atoms with Crippen LogP contribution in [0.1, 0.15) is 18.4 Å². The Kier molecular flexibility index (Phi) is 5.25. The summed E-state index contributed by atoms with van der Waals surface area (Å²) in [7, 11) is 3.12. The first kappa shape index (κ1) is 16.1. The van der Waals surface area contributed by atoms with Crippen molar-refractivity contribution in [2.45, 2.75) is 19.3 Å². The molecular formula is C16H21NO5. The van der Waals surface area contributed by atoms with Crippen LogP contribution in [0.5, 0.6) is 11.5 Å². The molecule has 120 valence electrons. The Balaban J connectivity index is 1.96. The van der Waals surface area contributed by atoms with Crippen LogP contribution in [-0.2, 0) is 16.0 Å². The van der Waals surface area contributed by atoms with Gasteiger partial charge in [-0.1, -0.05) is 6.07 Å². The van der Waals surface area contributed by atoms with E-state index in [0.29, 0.717) is 37.4 Å². The summed E-state index contributed by atoms with van der Waals surface area (Å²) in [6.07, 6.45) is 1.32. The number of methoxy groups -OCH3 is 2. The summed E-state index contributed by atoms with van der Waals surface area (Å²) in [4.78, 5) is 25.0. The zero-order valence-corrected chi connectivity index (χ0v) is 12.9. The van der Waals surface area contributed by atoms with Crippen LogP contribution in [0.25, 0.3) is 0 Å². The molecule has 1 N–H and O–H groups in total. The number of amides is 1. The fourth-order valence-corrected chi connectivity index (χ4v) is 2.65. The number of hydrogen-bond acceptors (Lipinski definition) is 4. The molecule has 0 radical (unpaired) electrons. The number of carboxylic acids is 1. The van der Waals surface area contributed by atoms with Gasteiger partial charge in [0, 0.05) is 13.1 Å². The second-order valence-electron chi connectivity index (χ2n) is 5.36. The van der Waals surface area contributed by atoms with Gasteiger partial charge in [0.25, 0.3) is 0 Å². The monoisotopic (exact) mass is 307 g/mol. The Morgan fingerprint density at radius 2 is 1.82 bits per heavy atom. The highest BCUT2D eigenvalue weighted by atomic mass is 16.5. The molecule has 1 fully saturated rings. The van der Waals surface area contributed by atoms with E-state index in [0.717, 1.165) is 5.56 Å². The molecule has 6 nitrogen and oxygen atoms in total. The number of benzene rings is 1. The first-order valence-corrected chi connectivity index (χ1v) is 7.26. The molecule has 0 spiro atoms. The summed E-state index contributed by atoms with van der Waals surface area (Å²) < 4.78 is 10.4. The lowest BCUT2D eigenvalue weighted by atomic mass is 9.96. The van der Waals surface area contributed by atoms with Crippen LogP contribution in [0.15, 0.2) is 18.2 Å². The van der Waals surface area contributed by atoms with Crippen molar-refractivity contribution in [3.05, 3.63) is 23.8 Å². The molecule has 0 unspecified atom stereocenters. The molecule has 1 heterocycles. The maximum Gasteiger partial charge on any atom is 0.306 e. The van der Waals surface area contributed by atoms with Gasteiger partial charge in [0.15, 0.2) is 11.5 Å². The molecular weight excluding hydrogens is 286 g/mol. The summed E-state index contributed by atoms with van der Waals surface area (Å²) in [5.41, 5.74) is 0.850. The zero-order chi connectivity index (χ0) is 16.1. The summed E-state index contributed by atoms with van der Waals surface area (Å²) in [5, 5.41) is 8.98. The molecule has 0 aromatic heterocycles. The van der Waals surface area contributed by atoms with Crippen molar-refractivity contribution >= 4 is 11.9 Å². The van der Waals surface area contributed by atoms with Crippen LogP contribution in [0, 0.1) is 5.92 Å². The number of rotatable bonds is 5. The molecule has 22 heavy (non-hydrogen) atoms. The molecule has 1 aliphatic heterocycles. The van der Waals surface area contributed by atoms with Crippen LogP contribution in [0.3, 0.4) is 0 Å². The van der Waals surface area contributed by atoms with Gasteiger partial charge in [-0.3, -0.25) is 9.59 Å². The highest BCUT2D eigenvalue weighted by Gasteiger charge is 2.26. The normalized spacial score (nSPS) is 15.5. The van der Waals surface area contributed by atoms with E-state index in [4.69, 9.17) is 14.6 Å². The summed E-state index contributed by atoms with van der Waals surface area (Å²) in [6.45, 7) is 1.01. The van der Waals surface area contributed by atoms with Crippen molar-refractivity contribution in [1.82, 2.24) is 4.90 Å². The van der Waals surface area contributed by atoms with E-state index in [1.165, 1.54) is 0 Å². The second-order valence-corrected chi connectivity index (χ2v) is 5.36. The SMILES string of the molecule is COc1ccc(CC(=O)N2CCC(C(=O)O)CC2)cc1OC. The maximum absolute atomic E-state index is 12.3. The fraction of sp³-hybridized carbons (Fsp3) is 0.500. The quantitative estimate of drug-likeness (QED) is 0.893. The van der Waals surface area contributed by atoms with Gasteiger partial charge in [0.05, 0.1) is 26.6 Å². The summed E-state index contributed by atoms with van der Waals surface area (Å²) in [5.74, 6) is 0.131. The lowest BCUT2D eigenvalue weighted by Crippen LogP contribution is -2.40. The minimum absolute atomic E-state index is 0.0102. The van der Waals surface area contributed by atoms with E-state index in [1.807, 2.05) is 6.07 Å². The Labute approximate surface area is 129 Å². The van der Waals surface area contributed by atoms with Crippen molar-refractivity contribution in [2.75, 3.05) is 27.3 Å². The number of carbonyl (C=O) groups is 2. The van der Waals surface area contributed by atoms with Gasteiger partial charge in [0.1, 0.15) is 0 Å². The van der Waals surface area contributed by atoms with Gasteiger partial charge in [-0.15, -0.1) is 0 Å². The highest BCUT2D eigenvalue weighted by molar-refractivity contribution is 5.79. The first-order valence-electron chi connectivity index (χ1n) is 7.26. The molecule has 6 heteroatoms. The summed E-state index contributed by atoms with van der Waals surface area (Å²) in [6, 6.07) is 5.40. The van der Waals surface area contributed by atoms with E-state index in [-0.39, 0.29) is 18.2 Å². The van der Waals surface area contributed by atoms with Crippen LogP contribution < -0.4 is 9.47 Å². The number of ether oxygens (including phenoxy) is 2. The lowest BCUT2D eigenvalue weighted by molar-refractivity contribution is -0.145. The van der Waals surface area contributed by atoms with Gasteiger partial charge in [-0.2, -0.15) is 0 Å². The topological polar surface area (TPSA) is 76.1 Å². The number of carbonyl (C=O) groups excluding carboxylic acids is 1. The van der Waals surface area contributed by atoms with Crippen LogP contribution in [0.4, 0.5) is 0 Å². The van der Waals surface area contributed by atoms with Crippen molar-refractivity contribution in [1.29, 1.82) is 0 Å². The average molecular weight is 307 g/mol. The Morgan fingerprint density at radius 3 is 2.36 bits per heavy atom. The molecule has 0 bridgehead atoms. The number of hydrogen-bond donors (Lipinski definition) is 1. The van der Waals surface area contributed by atoms with Crippen molar-refractivity contribution in [2.24, 2.45) is 5.92 Å². The minimum Gasteiger partial charge on any atom is -0.493 e. The van der Waals surface area contributed by atoms with E-state index in [1.54, 1.807) is 31.3 Å². The fourth-order valence-electron chi connectivity index (χ4n) is 2.65. The van der Waals surface area contributed by atoms with Crippen molar-refractivity contribution < 1.29 is 24.2 Å². The van der Waals surface area contributed by atoms with E-state index in [2.05, 4.69) is 0 Å². The molecule has 0 atom stereocenters. The van der Waals surface area contributed by atoms with E-state index in [9.17, 15) is 9.59 Å². The first-order chi connectivity index (χ1) is 10.5. The number of likely N-dealkylation sites (tertiary alicyclic amines) is 1. The predicted molar refractivity (Wildman–Crippen MR) is 80.2 cm³/mol. The molecule has 1 aliphatic rings.